The number of rotatable bonds is 7. The standard InChI is InChI=1S/C15H21N3O2/c1-4-18-10-13(9-17-18)11-20-14-6-5-12(8-16-2)7-15(14)19-3/h5-7,9-10,16H,4,8,11H2,1-3H3. The molecule has 5 heteroatoms. The van der Waals surface area contributed by atoms with Gasteiger partial charge in [-0.3, -0.25) is 4.68 Å². The summed E-state index contributed by atoms with van der Waals surface area (Å²) in [4.78, 5) is 0. The Morgan fingerprint density at radius 1 is 1.25 bits per heavy atom. The lowest BCUT2D eigenvalue weighted by Crippen LogP contribution is -2.05. The van der Waals surface area contributed by atoms with Gasteiger partial charge in [-0.15, -0.1) is 0 Å². The van der Waals surface area contributed by atoms with Crippen LogP contribution in [0, 0.1) is 0 Å². The first-order valence-electron chi connectivity index (χ1n) is 6.72. The topological polar surface area (TPSA) is 48.3 Å². The van der Waals surface area contributed by atoms with Crippen LogP contribution in [-0.2, 0) is 19.7 Å². The van der Waals surface area contributed by atoms with E-state index in [0.29, 0.717) is 6.61 Å². The Kier molecular flexibility index (Phi) is 5.01. The van der Waals surface area contributed by atoms with E-state index in [9.17, 15) is 0 Å². The van der Waals surface area contributed by atoms with Crippen LogP contribution in [0.25, 0.3) is 0 Å². The Labute approximate surface area is 119 Å². The Hall–Kier alpha value is -2.01. The molecule has 0 bridgehead atoms. The average Bonchev–Trinajstić information content (AvgIpc) is 2.94. The SMILES string of the molecule is CCn1cc(COc2ccc(CNC)cc2OC)cn1. The zero-order valence-electron chi connectivity index (χ0n) is 12.2. The number of aromatic nitrogens is 2. The molecule has 0 radical (unpaired) electrons. The van der Waals surface area contributed by atoms with Crippen LogP contribution >= 0.6 is 0 Å². The molecule has 108 valence electrons. The maximum atomic E-state index is 5.81. The number of hydrogen-bond acceptors (Lipinski definition) is 4. The first kappa shape index (κ1) is 14.4. The molecule has 0 aliphatic carbocycles. The highest BCUT2D eigenvalue weighted by molar-refractivity contribution is 5.43. The maximum absolute atomic E-state index is 5.81. The van der Waals surface area contributed by atoms with E-state index >= 15 is 0 Å². The summed E-state index contributed by atoms with van der Waals surface area (Å²) in [5.74, 6) is 1.50. The van der Waals surface area contributed by atoms with E-state index in [1.54, 1.807) is 7.11 Å². The van der Waals surface area contributed by atoms with Crippen molar-refractivity contribution in [2.75, 3.05) is 14.2 Å². The highest BCUT2D eigenvalue weighted by atomic mass is 16.5. The van der Waals surface area contributed by atoms with Crippen LogP contribution in [-0.4, -0.2) is 23.9 Å². The second-order valence-electron chi connectivity index (χ2n) is 4.51. The largest absolute Gasteiger partial charge is 0.493 e. The molecule has 0 spiro atoms. The normalized spacial score (nSPS) is 10.6. The minimum absolute atomic E-state index is 0.488. The Morgan fingerprint density at radius 3 is 2.75 bits per heavy atom. The van der Waals surface area contributed by atoms with Crippen molar-refractivity contribution in [1.29, 1.82) is 0 Å². The van der Waals surface area contributed by atoms with E-state index in [-0.39, 0.29) is 0 Å². The van der Waals surface area contributed by atoms with Gasteiger partial charge in [-0.1, -0.05) is 6.07 Å². The van der Waals surface area contributed by atoms with E-state index in [4.69, 9.17) is 9.47 Å². The predicted octanol–water partition coefficient (Wildman–Crippen LogP) is 2.21. The van der Waals surface area contributed by atoms with Gasteiger partial charge in [-0.2, -0.15) is 5.10 Å². The molecule has 0 saturated carbocycles. The molecule has 0 unspecified atom stereocenters. The molecule has 1 aromatic carbocycles. The summed E-state index contributed by atoms with van der Waals surface area (Å²) in [7, 11) is 3.57. The molecule has 1 aromatic heterocycles. The monoisotopic (exact) mass is 275 g/mol. The van der Waals surface area contributed by atoms with Gasteiger partial charge in [-0.25, -0.2) is 0 Å². The molecule has 0 fully saturated rings. The van der Waals surface area contributed by atoms with Crippen LogP contribution in [0.15, 0.2) is 30.6 Å². The number of aryl methyl sites for hydroxylation is 1. The van der Waals surface area contributed by atoms with Crippen molar-refractivity contribution in [3.63, 3.8) is 0 Å². The average molecular weight is 275 g/mol. The summed E-state index contributed by atoms with van der Waals surface area (Å²) < 4.78 is 13.1. The van der Waals surface area contributed by atoms with Crippen LogP contribution in [0.4, 0.5) is 0 Å². The molecule has 1 heterocycles. The van der Waals surface area contributed by atoms with E-state index in [1.165, 1.54) is 0 Å². The van der Waals surface area contributed by atoms with Crippen LogP contribution in [0.1, 0.15) is 18.1 Å². The van der Waals surface area contributed by atoms with Gasteiger partial charge < -0.3 is 14.8 Å². The molecule has 1 N–H and O–H groups in total. The fourth-order valence-corrected chi connectivity index (χ4v) is 1.96. The summed E-state index contributed by atoms with van der Waals surface area (Å²) in [6.07, 6.45) is 3.81. The van der Waals surface area contributed by atoms with Crippen molar-refractivity contribution >= 4 is 0 Å². The van der Waals surface area contributed by atoms with E-state index in [2.05, 4.69) is 17.3 Å². The summed E-state index contributed by atoms with van der Waals surface area (Å²) >= 11 is 0. The summed E-state index contributed by atoms with van der Waals surface area (Å²) in [6.45, 7) is 4.21. The first-order chi connectivity index (χ1) is 9.76. The van der Waals surface area contributed by atoms with Gasteiger partial charge >= 0.3 is 0 Å². The number of hydrogen-bond donors (Lipinski definition) is 1. The highest BCUT2D eigenvalue weighted by Crippen LogP contribution is 2.28. The second-order valence-corrected chi connectivity index (χ2v) is 4.51. The summed E-state index contributed by atoms with van der Waals surface area (Å²) in [5.41, 5.74) is 2.21. The second kappa shape index (κ2) is 6.96. The molecule has 0 aliphatic heterocycles. The highest BCUT2D eigenvalue weighted by Gasteiger charge is 2.06. The van der Waals surface area contributed by atoms with E-state index < -0.39 is 0 Å². The fourth-order valence-electron chi connectivity index (χ4n) is 1.96. The Morgan fingerprint density at radius 2 is 2.10 bits per heavy atom. The van der Waals surface area contributed by atoms with Crippen molar-refractivity contribution < 1.29 is 9.47 Å². The van der Waals surface area contributed by atoms with Gasteiger partial charge in [0.25, 0.3) is 0 Å². The third kappa shape index (κ3) is 3.51. The van der Waals surface area contributed by atoms with Gasteiger partial charge in [-0.05, 0) is 31.7 Å². The summed E-state index contributed by atoms with van der Waals surface area (Å²) in [5, 5.41) is 7.34. The smallest absolute Gasteiger partial charge is 0.161 e. The van der Waals surface area contributed by atoms with Crippen LogP contribution in [0.5, 0.6) is 11.5 Å². The fraction of sp³-hybridized carbons (Fsp3) is 0.400. The van der Waals surface area contributed by atoms with Crippen molar-refractivity contribution in [3.8, 4) is 11.5 Å². The van der Waals surface area contributed by atoms with Gasteiger partial charge in [0.1, 0.15) is 6.61 Å². The number of nitrogens with zero attached hydrogens (tertiary/aromatic N) is 2. The predicted molar refractivity (Wildman–Crippen MR) is 78.0 cm³/mol. The van der Waals surface area contributed by atoms with Gasteiger partial charge in [0.2, 0.25) is 0 Å². The third-order valence-electron chi connectivity index (χ3n) is 3.01. The molecule has 2 aromatic rings. The quantitative estimate of drug-likeness (QED) is 0.841. The molecule has 0 atom stereocenters. The van der Waals surface area contributed by atoms with Crippen molar-refractivity contribution in [1.82, 2.24) is 15.1 Å². The molecule has 0 amide bonds. The zero-order chi connectivity index (χ0) is 14.4. The number of benzene rings is 1. The minimum atomic E-state index is 0.488. The van der Waals surface area contributed by atoms with Crippen LogP contribution in [0.3, 0.4) is 0 Å². The third-order valence-corrected chi connectivity index (χ3v) is 3.01. The van der Waals surface area contributed by atoms with E-state index in [1.807, 2.05) is 42.3 Å². The lowest BCUT2D eigenvalue weighted by atomic mass is 10.2. The number of nitrogens with one attached hydrogen (secondary N) is 1. The van der Waals surface area contributed by atoms with Crippen LogP contribution < -0.4 is 14.8 Å². The Balaban J connectivity index is 2.04. The molecule has 20 heavy (non-hydrogen) atoms. The summed E-state index contributed by atoms with van der Waals surface area (Å²) in [6, 6.07) is 5.96. The molecular formula is C15H21N3O2. The van der Waals surface area contributed by atoms with E-state index in [0.717, 1.165) is 35.7 Å². The molecule has 2 rings (SSSR count). The van der Waals surface area contributed by atoms with Crippen molar-refractivity contribution in [2.45, 2.75) is 26.6 Å². The Bertz CT molecular complexity index is 552. The first-order valence-corrected chi connectivity index (χ1v) is 6.72. The lowest BCUT2D eigenvalue weighted by molar-refractivity contribution is 0.284. The molecular weight excluding hydrogens is 254 g/mol. The van der Waals surface area contributed by atoms with Crippen LogP contribution in [0.2, 0.25) is 0 Å². The van der Waals surface area contributed by atoms with Gasteiger partial charge in [0.15, 0.2) is 11.5 Å². The van der Waals surface area contributed by atoms with Crippen molar-refractivity contribution in [3.05, 3.63) is 41.7 Å². The van der Waals surface area contributed by atoms with Gasteiger partial charge in [0.05, 0.1) is 13.3 Å². The van der Waals surface area contributed by atoms with Crippen molar-refractivity contribution in [2.24, 2.45) is 0 Å². The van der Waals surface area contributed by atoms with Gasteiger partial charge in [0, 0.05) is 24.8 Å². The maximum Gasteiger partial charge on any atom is 0.161 e. The zero-order valence-corrected chi connectivity index (χ0v) is 12.2. The number of methoxy groups -OCH3 is 1. The molecule has 0 saturated heterocycles. The molecule has 0 aliphatic rings. The number of ether oxygens (including phenoxy) is 2. The lowest BCUT2D eigenvalue weighted by Gasteiger charge is -2.11. The molecule has 5 nitrogen and oxygen atoms in total. The minimum Gasteiger partial charge on any atom is -0.493 e.